The van der Waals surface area contributed by atoms with Crippen LogP contribution in [0.4, 0.5) is 0 Å². The van der Waals surface area contributed by atoms with Crippen molar-refractivity contribution < 1.29 is 14.7 Å². The minimum Gasteiger partial charge on any atom is -0.477 e. The molecular weight excluding hydrogens is 338 g/mol. The number of hydrogen-bond donors (Lipinski definition) is 2. The third-order valence-corrected chi connectivity index (χ3v) is 4.96. The Morgan fingerprint density at radius 2 is 2.12 bits per heavy atom. The molecule has 0 saturated carbocycles. The molecule has 0 spiro atoms. The van der Waals surface area contributed by atoms with Gasteiger partial charge >= 0.3 is 5.97 Å². The zero-order chi connectivity index (χ0) is 17.8. The van der Waals surface area contributed by atoms with Gasteiger partial charge in [0.2, 0.25) is 5.91 Å². The molecule has 0 aliphatic carbocycles. The highest BCUT2D eigenvalue weighted by Gasteiger charge is 2.13. The molecule has 0 bridgehead atoms. The highest BCUT2D eigenvalue weighted by molar-refractivity contribution is 7.12. The Balaban J connectivity index is 1.48. The van der Waals surface area contributed by atoms with Gasteiger partial charge in [-0.15, -0.1) is 11.3 Å². The molecule has 0 radical (unpaired) electrons. The smallest absolute Gasteiger partial charge is 0.345 e. The lowest BCUT2D eigenvalue weighted by Gasteiger charge is -2.16. The van der Waals surface area contributed by atoms with E-state index in [4.69, 9.17) is 5.11 Å². The first-order valence-corrected chi connectivity index (χ1v) is 8.89. The van der Waals surface area contributed by atoms with Crippen LogP contribution in [-0.4, -0.2) is 45.4 Å². The van der Waals surface area contributed by atoms with Gasteiger partial charge in [-0.05, 0) is 35.6 Å². The molecule has 7 heteroatoms. The Morgan fingerprint density at radius 1 is 1.32 bits per heavy atom. The van der Waals surface area contributed by atoms with Crippen molar-refractivity contribution >= 4 is 34.2 Å². The Kier molecular flexibility index (Phi) is 5.14. The van der Waals surface area contributed by atoms with Crippen LogP contribution in [0.2, 0.25) is 0 Å². The molecule has 3 rings (SSSR count). The summed E-state index contributed by atoms with van der Waals surface area (Å²) in [6.07, 6.45) is 1.81. The number of carbonyl (C=O) groups is 2. The number of aromatic nitrogens is 2. The summed E-state index contributed by atoms with van der Waals surface area (Å²) in [5, 5.41) is 10.7. The van der Waals surface area contributed by atoms with Gasteiger partial charge in [-0.2, -0.15) is 0 Å². The number of nitrogens with one attached hydrogen (secondary N) is 1. The Labute approximate surface area is 149 Å². The molecule has 25 heavy (non-hydrogen) atoms. The minimum atomic E-state index is -0.956. The molecule has 0 aliphatic rings. The number of imidazole rings is 1. The number of rotatable bonds is 7. The van der Waals surface area contributed by atoms with Crippen LogP contribution in [0.1, 0.15) is 27.5 Å². The topological polar surface area (TPSA) is 86.3 Å². The van der Waals surface area contributed by atoms with Gasteiger partial charge in [0.15, 0.2) is 0 Å². The van der Waals surface area contributed by atoms with Gasteiger partial charge in [0.1, 0.15) is 10.7 Å². The fraction of sp³-hybridized carbons (Fsp3) is 0.278. The van der Waals surface area contributed by atoms with E-state index in [1.165, 1.54) is 0 Å². The molecule has 2 N–H and O–H groups in total. The average molecular weight is 357 g/mol. The van der Waals surface area contributed by atoms with Gasteiger partial charge in [-0.1, -0.05) is 12.1 Å². The summed E-state index contributed by atoms with van der Waals surface area (Å²) in [4.78, 5) is 32.9. The predicted octanol–water partition coefficient (Wildman–Crippen LogP) is 2.96. The van der Waals surface area contributed by atoms with Crippen LogP contribution >= 0.6 is 11.3 Å². The summed E-state index contributed by atoms with van der Waals surface area (Å²) in [5.41, 5.74) is 2.72. The SMILES string of the molecule is CN(CCCc1nc2ccccc2[nH]1)C(=O)Cc1csc(C(=O)O)c1. The monoisotopic (exact) mass is 357 g/mol. The van der Waals surface area contributed by atoms with E-state index in [0.717, 1.165) is 46.6 Å². The van der Waals surface area contributed by atoms with Gasteiger partial charge in [0, 0.05) is 20.0 Å². The summed E-state index contributed by atoms with van der Waals surface area (Å²) in [6, 6.07) is 9.45. The number of nitrogens with zero attached hydrogens (tertiary/aromatic N) is 2. The molecule has 1 aromatic carbocycles. The maximum absolute atomic E-state index is 12.2. The van der Waals surface area contributed by atoms with Gasteiger partial charge in [0.25, 0.3) is 0 Å². The van der Waals surface area contributed by atoms with E-state index >= 15 is 0 Å². The molecule has 2 heterocycles. The van der Waals surface area contributed by atoms with Gasteiger partial charge < -0.3 is 15.0 Å². The number of amides is 1. The first-order chi connectivity index (χ1) is 12.0. The molecule has 0 fully saturated rings. The van der Waals surface area contributed by atoms with Crippen molar-refractivity contribution in [2.75, 3.05) is 13.6 Å². The second kappa shape index (κ2) is 7.48. The minimum absolute atomic E-state index is 0.0145. The van der Waals surface area contributed by atoms with Crippen LogP contribution in [0.5, 0.6) is 0 Å². The van der Waals surface area contributed by atoms with Gasteiger partial charge in [-0.3, -0.25) is 4.79 Å². The number of likely N-dealkylation sites (N-methyl/N-ethyl adjacent to an activating group) is 1. The molecule has 1 amide bonds. The van der Waals surface area contributed by atoms with Crippen molar-refractivity contribution in [3.05, 3.63) is 52.0 Å². The van der Waals surface area contributed by atoms with E-state index < -0.39 is 5.97 Å². The number of H-pyrrole nitrogens is 1. The van der Waals surface area contributed by atoms with Gasteiger partial charge in [0.05, 0.1) is 17.5 Å². The van der Waals surface area contributed by atoms with Crippen LogP contribution in [-0.2, 0) is 17.6 Å². The third kappa shape index (κ3) is 4.24. The number of benzene rings is 1. The lowest BCUT2D eigenvalue weighted by molar-refractivity contribution is -0.129. The fourth-order valence-corrected chi connectivity index (χ4v) is 3.37. The van der Waals surface area contributed by atoms with Crippen molar-refractivity contribution in [1.82, 2.24) is 14.9 Å². The Bertz CT molecular complexity index is 867. The number of carbonyl (C=O) groups excluding carboxylic acids is 1. The van der Waals surface area contributed by atoms with Crippen LogP contribution in [0, 0.1) is 0 Å². The molecule has 130 valence electrons. The maximum Gasteiger partial charge on any atom is 0.345 e. The maximum atomic E-state index is 12.2. The molecule has 6 nitrogen and oxygen atoms in total. The van der Waals surface area contributed by atoms with E-state index in [-0.39, 0.29) is 17.2 Å². The van der Waals surface area contributed by atoms with E-state index in [1.807, 2.05) is 24.3 Å². The lowest BCUT2D eigenvalue weighted by atomic mass is 10.2. The number of carboxylic acid groups (broad SMARTS) is 1. The Hall–Kier alpha value is -2.67. The lowest BCUT2D eigenvalue weighted by Crippen LogP contribution is -2.29. The highest BCUT2D eigenvalue weighted by atomic mass is 32.1. The number of aryl methyl sites for hydroxylation is 1. The van der Waals surface area contributed by atoms with Crippen LogP contribution in [0.3, 0.4) is 0 Å². The average Bonchev–Trinajstić information content (AvgIpc) is 3.20. The number of carboxylic acids is 1. The number of fused-ring (bicyclic) bond motifs is 1. The summed E-state index contributed by atoms with van der Waals surface area (Å²) in [7, 11) is 1.77. The zero-order valence-electron chi connectivity index (χ0n) is 13.9. The first kappa shape index (κ1) is 17.2. The molecule has 0 aliphatic heterocycles. The molecule has 3 aromatic rings. The largest absolute Gasteiger partial charge is 0.477 e. The van der Waals surface area contributed by atoms with Crippen LogP contribution in [0.25, 0.3) is 11.0 Å². The molecular formula is C18H19N3O3S. The molecule has 0 atom stereocenters. The third-order valence-electron chi connectivity index (χ3n) is 3.99. The van der Waals surface area contributed by atoms with E-state index in [0.29, 0.717) is 6.54 Å². The predicted molar refractivity (Wildman–Crippen MR) is 97.0 cm³/mol. The number of para-hydroxylation sites is 2. The Morgan fingerprint density at radius 3 is 2.84 bits per heavy atom. The van der Waals surface area contributed by atoms with Crippen LogP contribution in [0.15, 0.2) is 35.7 Å². The summed E-state index contributed by atoms with van der Waals surface area (Å²) < 4.78 is 0. The summed E-state index contributed by atoms with van der Waals surface area (Å²) in [5.74, 6) is -0.0479. The fourth-order valence-electron chi connectivity index (χ4n) is 2.62. The van der Waals surface area contributed by atoms with E-state index in [1.54, 1.807) is 23.4 Å². The quantitative estimate of drug-likeness (QED) is 0.681. The van der Waals surface area contributed by atoms with E-state index in [9.17, 15) is 9.59 Å². The second-order valence-corrected chi connectivity index (χ2v) is 6.83. The van der Waals surface area contributed by atoms with Crippen molar-refractivity contribution in [2.24, 2.45) is 0 Å². The second-order valence-electron chi connectivity index (χ2n) is 5.92. The number of hydrogen-bond acceptors (Lipinski definition) is 4. The van der Waals surface area contributed by atoms with Crippen LogP contribution < -0.4 is 0 Å². The van der Waals surface area contributed by atoms with Crippen molar-refractivity contribution in [3.8, 4) is 0 Å². The van der Waals surface area contributed by atoms with E-state index in [2.05, 4.69) is 9.97 Å². The number of aromatic carboxylic acids is 1. The first-order valence-electron chi connectivity index (χ1n) is 8.01. The summed E-state index contributed by atoms with van der Waals surface area (Å²) in [6.45, 7) is 0.631. The number of thiophene rings is 1. The van der Waals surface area contributed by atoms with Crippen molar-refractivity contribution in [1.29, 1.82) is 0 Å². The highest BCUT2D eigenvalue weighted by Crippen LogP contribution is 2.16. The van der Waals surface area contributed by atoms with Crippen molar-refractivity contribution in [2.45, 2.75) is 19.3 Å². The molecule has 0 saturated heterocycles. The normalized spacial score (nSPS) is 10.9. The zero-order valence-corrected chi connectivity index (χ0v) is 14.7. The molecule has 0 unspecified atom stereocenters. The standard InChI is InChI=1S/C18H19N3O3S/c1-21(17(22)10-12-9-15(18(23)24)25-11-12)8-4-7-16-19-13-5-2-3-6-14(13)20-16/h2-3,5-6,9,11H,4,7-8,10H2,1H3,(H,19,20)(H,23,24). The van der Waals surface area contributed by atoms with Gasteiger partial charge in [-0.25, -0.2) is 9.78 Å². The molecule has 2 aromatic heterocycles. The summed E-state index contributed by atoms with van der Waals surface area (Å²) >= 11 is 1.15. The van der Waals surface area contributed by atoms with Crippen molar-refractivity contribution in [3.63, 3.8) is 0 Å². The number of aromatic amines is 1.